The van der Waals surface area contributed by atoms with Crippen LogP contribution in [-0.2, 0) is 6.54 Å². The fourth-order valence-electron chi connectivity index (χ4n) is 1.77. The Balaban J connectivity index is 2.12. The first-order chi connectivity index (χ1) is 9.11. The minimum absolute atomic E-state index is 0.217. The molecule has 0 saturated carbocycles. The summed E-state index contributed by atoms with van der Waals surface area (Å²) in [7, 11) is 1.55. The molecule has 0 amide bonds. The maximum Gasteiger partial charge on any atom is 0.146 e. The SMILES string of the molecule is COc1ccc(F)c(NCc2ncnn2C(C)C)c1. The lowest BCUT2D eigenvalue weighted by Crippen LogP contribution is -2.12. The molecule has 19 heavy (non-hydrogen) atoms. The number of rotatable bonds is 5. The van der Waals surface area contributed by atoms with Gasteiger partial charge in [-0.1, -0.05) is 0 Å². The van der Waals surface area contributed by atoms with Gasteiger partial charge >= 0.3 is 0 Å². The summed E-state index contributed by atoms with van der Waals surface area (Å²) in [5.74, 6) is 1.04. The fourth-order valence-corrected chi connectivity index (χ4v) is 1.77. The molecule has 1 aromatic heterocycles. The second-order valence-corrected chi connectivity index (χ2v) is 4.41. The number of methoxy groups -OCH3 is 1. The van der Waals surface area contributed by atoms with E-state index in [1.165, 1.54) is 12.4 Å². The normalized spacial score (nSPS) is 10.8. The van der Waals surface area contributed by atoms with Crippen molar-refractivity contribution in [1.82, 2.24) is 14.8 Å². The molecule has 1 heterocycles. The summed E-state index contributed by atoms with van der Waals surface area (Å²) in [6.07, 6.45) is 1.50. The van der Waals surface area contributed by atoms with Crippen molar-refractivity contribution >= 4 is 5.69 Å². The highest BCUT2D eigenvalue weighted by Gasteiger charge is 2.09. The summed E-state index contributed by atoms with van der Waals surface area (Å²) in [5.41, 5.74) is 0.387. The minimum atomic E-state index is -0.323. The lowest BCUT2D eigenvalue weighted by atomic mass is 10.3. The molecular weight excluding hydrogens is 247 g/mol. The number of nitrogens with one attached hydrogen (secondary N) is 1. The standard InChI is InChI=1S/C13H17FN4O/c1-9(2)18-13(16-8-17-18)7-15-12-6-10(19-3)4-5-11(12)14/h4-6,8-9,15H,7H2,1-3H3. The second-order valence-electron chi connectivity index (χ2n) is 4.41. The van der Waals surface area contributed by atoms with Crippen LogP contribution in [0.4, 0.5) is 10.1 Å². The molecule has 2 aromatic rings. The first-order valence-electron chi connectivity index (χ1n) is 6.07. The molecule has 5 nitrogen and oxygen atoms in total. The summed E-state index contributed by atoms with van der Waals surface area (Å²) < 4.78 is 20.5. The number of benzene rings is 1. The van der Waals surface area contributed by atoms with Gasteiger partial charge in [0.2, 0.25) is 0 Å². The van der Waals surface area contributed by atoms with Crippen LogP contribution < -0.4 is 10.1 Å². The van der Waals surface area contributed by atoms with Crippen LogP contribution in [0.1, 0.15) is 25.7 Å². The van der Waals surface area contributed by atoms with Crippen molar-refractivity contribution in [2.45, 2.75) is 26.4 Å². The highest BCUT2D eigenvalue weighted by Crippen LogP contribution is 2.21. The Morgan fingerprint density at radius 1 is 1.42 bits per heavy atom. The third-order valence-corrected chi connectivity index (χ3v) is 2.75. The molecule has 2 rings (SSSR count). The van der Waals surface area contributed by atoms with Crippen LogP contribution in [0, 0.1) is 5.82 Å². The molecule has 0 fully saturated rings. The molecule has 0 bridgehead atoms. The van der Waals surface area contributed by atoms with Crippen molar-refractivity contribution in [3.05, 3.63) is 36.2 Å². The van der Waals surface area contributed by atoms with Crippen LogP contribution in [0.3, 0.4) is 0 Å². The number of anilines is 1. The zero-order valence-electron chi connectivity index (χ0n) is 11.2. The molecule has 6 heteroatoms. The molecule has 0 radical (unpaired) electrons. The smallest absolute Gasteiger partial charge is 0.146 e. The zero-order valence-corrected chi connectivity index (χ0v) is 11.2. The molecule has 0 aliphatic rings. The zero-order chi connectivity index (χ0) is 13.8. The molecule has 102 valence electrons. The predicted molar refractivity (Wildman–Crippen MR) is 70.7 cm³/mol. The number of ether oxygens (including phenoxy) is 1. The number of hydrogen-bond donors (Lipinski definition) is 1. The quantitative estimate of drug-likeness (QED) is 0.902. The van der Waals surface area contributed by atoms with Crippen LogP contribution in [0.25, 0.3) is 0 Å². The summed E-state index contributed by atoms with van der Waals surface area (Å²) in [6, 6.07) is 4.78. The van der Waals surface area contributed by atoms with Gasteiger partial charge in [0.15, 0.2) is 0 Å². The van der Waals surface area contributed by atoms with Crippen molar-refractivity contribution in [3.63, 3.8) is 0 Å². The summed E-state index contributed by atoms with van der Waals surface area (Å²) in [6.45, 7) is 4.44. The monoisotopic (exact) mass is 264 g/mol. The van der Waals surface area contributed by atoms with E-state index in [9.17, 15) is 4.39 Å². The molecule has 0 spiro atoms. The van der Waals surface area contributed by atoms with Crippen LogP contribution in [0.15, 0.2) is 24.5 Å². The topological polar surface area (TPSA) is 52.0 Å². The van der Waals surface area contributed by atoms with E-state index in [-0.39, 0.29) is 11.9 Å². The Morgan fingerprint density at radius 2 is 2.21 bits per heavy atom. The molecule has 1 N–H and O–H groups in total. The van der Waals surface area contributed by atoms with E-state index in [2.05, 4.69) is 15.4 Å². The van der Waals surface area contributed by atoms with Crippen LogP contribution in [0.2, 0.25) is 0 Å². The van der Waals surface area contributed by atoms with E-state index >= 15 is 0 Å². The first kappa shape index (κ1) is 13.3. The summed E-state index contributed by atoms with van der Waals surface area (Å²) in [4.78, 5) is 4.16. The van der Waals surface area contributed by atoms with Gasteiger partial charge in [0.05, 0.1) is 19.3 Å². The van der Waals surface area contributed by atoms with Gasteiger partial charge in [0, 0.05) is 12.1 Å². The maximum absolute atomic E-state index is 13.6. The van der Waals surface area contributed by atoms with E-state index in [4.69, 9.17) is 4.74 Å². The first-order valence-corrected chi connectivity index (χ1v) is 6.07. The fraction of sp³-hybridized carbons (Fsp3) is 0.385. The van der Waals surface area contributed by atoms with E-state index in [1.54, 1.807) is 23.9 Å². The van der Waals surface area contributed by atoms with Crippen LogP contribution in [-0.4, -0.2) is 21.9 Å². The number of aromatic nitrogens is 3. The third kappa shape index (κ3) is 3.01. The Hall–Kier alpha value is -2.11. The highest BCUT2D eigenvalue weighted by atomic mass is 19.1. The average molecular weight is 264 g/mol. The highest BCUT2D eigenvalue weighted by molar-refractivity contribution is 5.49. The second kappa shape index (κ2) is 5.69. The molecule has 0 atom stereocenters. The van der Waals surface area contributed by atoms with Gasteiger partial charge in [-0.2, -0.15) is 5.10 Å². The maximum atomic E-state index is 13.6. The molecule has 0 aliphatic carbocycles. The van der Waals surface area contributed by atoms with Gasteiger partial charge in [-0.25, -0.2) is 14.1 Å². The van der Waals surface area contributed by atoms with E-state index in [1.807, 2.05) is 13.8 Å². The largest absolute Gasteiger partial charge is 0.497 e. The van der Waals surface area contributed by atoms with Crippen molar-refractivity contribution in [1.29, 1.82) is 0 Å². The number of nitrogens with zero attached hydrogens (tertiary/aromatic N) is 3. The van der Waals surface area contributed by atoms with Crippen LogP contribution >= 0.6 is 0 Å². The molecule has 0 unspecified atom stereocenters. The van der Waals surface area contributed by atoms with Gasteiger partial charge in [-0.05, 0) is 26.0 Å². The van der Waals surface area contributed by atoms with E-state index in [0.29, 0.717) is 18.0 Å². The van der Waals surface area contributed by atoms with Crippen LogP contribution in [0.5, 0.6) is 5.75 Å². The van der Waals surface area contributed by atoms with Crippen molar-refractivity contribution in [2.75, 3.05) is 12.4 Å². The van der Waals surface area contributed by atoms with Gasteiger partial charge in [0.25, 0.3) is 0 Å². The lowest BCUT2D eigenvalue weighted by Gasteiger charge is -2.12. The van der Waals surface area contributed by atoms with E-state index < -0.39 is 0 Å². The Kier molecular flexibility index (Phi) is 3.99. The Labute approximate surface area is 111 Å². The molecule has 1 aromatic carbocycles. The molecule has 0 aliphatic heterocycles. The van der Waals surface area contributed by atoms with Crippen molar-refractivity contribution < 1.29 is 9.13 Å². The summed E-state index contributed by atoms with van der Waals surface area (Å²) >= 11 is 0. The lowest BCUT2D eigenvalue weighted by molar-refractivity contribution is 0.414. The predicted octanol–water partition coefficient (Wildman–Crippen LogP) is 2.62. The van der Waals surface area contributed by atoms with E-state index in [0.717, 1.165) is 5.82 Å². The minimum Gasteiger partial charge on any atom is -0.497 e. The van der Waals surface area contributed by atoms with Crippen molar-refractivity contribution in [2.24, 2.45) is 0 Å². The molecule has 0 saturated heterocycles. The third-order valence-electron chi connectivity index (χ3n) is 2.75. The summed E-state index contributed by atoms with van der Waals surface area (Å²) in [5, 5.41) is 7.14. The van der Waals surface area contributed by atoms with Gasteiger partial charge in [0.1, 0.15) is 23.7 Å². The Morgan fingerprint density at radius 3 is 2.89 bits per heavy atom. The average Bonchev–Trinajstić information content (AvgIpc) is 2.86. The van der Waals surface area contributed by atoms with Gasteiger partial charge < -0.3 is 10.1 Å². The van der Waals surface area contributed by atoms with Gasteiger partial charge in [-0.3, -0.25) is 0 Å². The number of halogens is 1. The molecular formula is C13H17FN4O. The Bertz CT molecular complexity index is 553. The van der Waals surface area contributed by atoms with Gasteiger partial charge in [-0.15, -0.1) is 0 Å². The number of hydrogen-bond acceptors (Lipinski definition) is 4. The van der Waals surface area contributed by atoms with Crippen molar-refractivity contribution in [3.8, 4) is 5.75 Å².